The summed E-state index contributed by atoms with van der Waals surface area (Å²) in [5.41, 5.74) is 3.68. The van der Waals surface area contributed by atoms with Crippen LogP contribution in [0.15, 0.2) is 6.33 Å². The van der Waals surface area contributed by atoms with E-state index >= 15 is 0 Å². The summed E-state index contributed by atoms with van der Waals surface area (Å²) in [7, 11) is 2.19. The molecule has 0 aliphatic carbocycles. The van der Waals surface area contributed by atoms with Crippen LogP contribution in [0.5, 0.6) is 0 Å². The Morgan fingerprint density at radius 2 is 2.21 bits per heavy atom. The van der Waals surface area contributed by atoms with Gasteiger partial charge in [-0.05, 0) is 38.8 Å². The molecule has 19 heavy (non-hydrogen) atoms. The van der Waals surface area contributed by atoms with E-state index in [1.807, 2.05) is 0 Å². The molecule has 0 saturated carbocycles. The lowest BCUT2D eigenvalue weighted by Gasteiger charge is -2.30. The minimum absolute atomic E-state index is 0.688. The van der Waals surface area contributed by atoms with Gasteiger partial charge in [0.15, 0.2) is 0 Å². The molecule has 1 aliphatic rings. The summed E-state index contributed by atoms with van der Waals surface area (Å²) >= 11 is 0. The number of hydrazine groups is 1. The van der Waals surface area contributed by atoms with Crippen molar-refractivity contribution in [1.82, 2.24) is 14.9 Å². The van der Waals surface area contributed by atoms with Crippen LogP contribution in [0, 0.1) is 5.92 Å². The molecule has 1 aromatic heterocycles. The SMILES string of the molecule is CCc1c(NN)ncnc1NCC1CCCN(C)C1. The number of hydrogen-bond donors (Lipinski definition) is 3. The fourth-order valence-electron chi connectivity index (χ4n) is 2.70. The zero-order valence-electron chi connectivity index (χ0n) is 11.8. The lowest BCUT2D eigenvalue weighted by Crippen LogP contribution is -2.35. The average molecular weight is 264 g/mol. The summed E-state index contributed by atoms with van der Waals surface area (Å²) in [6.45, 7) is 5.41. The highest BCUT2D eigenvalue weighted by atomic mass is 15.3. The number of rotatable bonds is 5. The number of piperidine rings is 1. The van der Waals surface area contributed by atoms with Gasteiger partial charge in [0.25, 0.3) is 0 Å². The minimum Gasteiger partial charge on any atom is -0.369 e. The van der Waals surface area contributed by atoms with Gasteiger partial charge in [0.2, 0.25) is 0 Å². The highest BCUT2D eigenvalue weighted by Crippen LogP contribution is 2.21. The van der Waals surface area contributed by atoms with Crippen molar-refractivity contribution in [2.75, 3.05) is 37.4 Å². The summed E-state index contributed by atoms with van der Waals surface area (Å²) in [6.07, 6.45) is 4.96. The Morgan fingerprint density at radius 3 is 2.89 bits per heavy atom. The van der Waals surface area contributed by atoms with Crippen molar-refractivity contribution in [2.45, 2.75) is 26.2 Å². The first-order valence-electron chi connectivity index (χ1n) is 6.97. The van der Waals surface area contributed by atoms with E-state index in [0.717, 1.165) is 30.9 Å². The predicted molar refractivity (Wildman–Crippen MR) is 77.9 cm³/mol. The molecule has 1 saturated heterocycles. The van der Waals surface area contributed by atoms with Gasteiger partial charge in [0, 0.05) is 18.7 Å². The van der Waals surface area contributed by atoms with Gasteiger partial charge in [0.1, 0.15) is 18.0 Å². The third-order valence-electron chi connectivity index (χ3n) is 3.72. The van der Waals surface area contributed by atoms with Crippen LogP contribution >= 0.6 is 0 Å². The van der Waals surface area contributed by atoms with Crippen molar-refractivity contribution in [3.05, 3.63) is 11.9 Å². The number of aromatic nitrogens is 2. The van der Waals surface area contributed by atoms with Crippen LogP contribution in [0.2, 0.25) is 0 Å². The quantitative estimate of drug-likeness (QED) is 0.545. The van der Waals surface area contributed by atoms with Crippen LogP contribution in [0.25, 0.3) is 0 Å². The molecule has 1 aliphatic heterocycles. The second-order valence-corrected chi connectivity index (χ2v) is 5.20. The van der Waals surface area contributed by atoms with E-state index in [0.29, 0.717) is 11.7 Å². The maximum absolute atomic E-state index is 5.48. The highest BCUT2D eigenvalue weighted by Gasteiger charge is 2.17. The predicted octanol–water partition coefficient (Wildman–Crippen LogP) is 1.08. The zero-order chi connectivity index (χ0) is 13.7. The average Bonchev–Trinajstić information content (AvgIpc) is 2.44. The molecular weight excluding hydrogens is 240 g/mol. The number of nitrogens with two attached hydrogens (primary N) is 1. The van der Waals surface area contributed by atoms with Gasteiger partial charge in [-0.1, -0.05) is 6.92 Å². The van der Waals surface area contributed by atoms with E-state index in [1.165, 1.54) is 19.4 Å². The number of anilines is 2. The Kier molecular flexibility index (Phi) is 4.93. The van der Waals surface area contributed by atoms with Gasteiger partial charge in [-0.3, -0.25) is 0 Å². The van der Waals surface area contributed by atoms with Crippen molar-refractivity contribution in [1.29, 1.82) is 0 Å². The van der Waals surface area contributed by atoms with Crippen LogP contribution in [-0.4, -0.2) is 41.5 Å². The molecule has 6 heteroatoms. The summed E-state index contributed by atoms with van der Waals surface area (Å²) < 4.78 is 0. The standard InChI is InChI=1S/C13H24N6/c1-3-11-12(16-9-17-13(11)18-14)15-7-10-5-4-6-19(2)8-10/h9-10H,3-8,14H2,1-2H3,(H2,15,16,17,18). The summed E-state index contributed by atoms with van der Waals surface area (Å²) in [5, 5.41) is 3.46. The fraction of sp³-hybridized carbons (Fsp3) is 0.692. The van der Waals surface area contributed by atoms with E-state index in [-0.39, 0.29) is 0 Å². The summed E-state index contributed by atoms with van der Waals surface area (Å²) in [5.74, 6) is 7.78. The third kappa shape index (κ3) is 3.54. The van der Waals surface area contributed by atoms with Gasteiger partial charge in [-0.15, -0.1) is 0 Å². The number of nitrogen functional groups attached to an aromatic ring is 1. The second-order valence-electron chi connectivity index (χ2n) is 5.20. The largest absolute Gasteiger partial charge is 0.369 e. The summed E-state index contributed by atoms with van der Waals surface area (Å²) in [4.78, 5) is 10.9. The van der Waals surface area contributed by atoms with Crippen LogP contribution in [-0.2, 0) is 6.42 Å². The molecule has 1 aromatic rings. The Hall–Kier alpha value is -1.40. The Labute approximate surface area is 114 Å². The van der Waals surface area contributed by atoms with E-state index in [2.05, 4.69) is 39.6 Å². The first-order valence-corrected chi connectivity index (χ1v) is 6.97. The number of hydrogen-bond acceptors (Lipinski definition) is 6. The molecular formula is C13H24N6. The van der Waals surface area contributed by atoms with Gasteiger partial charge in [0.05, 0.1) is 0 Å². The number of likely N-dealkylation sites (tertiary alicyclic amines) is 1. The first kappa shape index (κ1) is 14.0. The molecule has 2 heterocycles. The maximum Gasteiger partial charge on any atom is 0.148 e. The van der Waals surface area contributed by atoms with Crippen molar-refractivity contribution in [3.63, 3.8) is 0 Å². The van der Waals surface area contributed by atoms with Crippen molar-refractivity contribution in [2.24, 2.45) is 11.8 Å². The maximum atomic E-state index is 5.48. The Balaban J connectivity index is 1.99. The molecule has 106 valence electrons. The third-order valence-corrected chi connectivity index (χ3v) is 3.72. The molecule has 0 bridgehead atoms. The van der Waals surface area contributed by atoms with Crippen molar-refractivity contribution < 1.29 is 0 Å². The molecule has 2 rings (SSSR count). The van der Waals surface area contributed by atoms with E-state index in [1.54, 1.807) is 6.33 Å². The zero-order valence-corrected chi connectivity index (χ0v) is 11.8. The van der Waals surface area contributed by atoms with E-state index in [4.69, 9.17) is 5.84 Å². The van der Waals surface area contributed by atoms with Gasteiger partial charge in [-0.2, -0.15) is 0 Å². The highest BCUT2D eigenvalue weighted by molar-refractivity contribution is 5.56. The number of nitrogens with zero attached hydrogens (tertiary/aromatic N) is 3. The number of nitrogens with one attached hydrogen (secondary N) is 2. The molecule has 0 amide bonds. The lowest BCUT2D eigenvalue weighted by molar-refractivity contribution is 0.217. The molecule has 1 fully saturated rings. The Morgan fingerprint density at radius 1 is 1.42 bits per heavy atom. The molecule has 1 unspecified atom stereocenters. The normalized spacial score (nSPS) is 20.3. The first-order chi connectivity index (χ1) is 9.24. The van der Waals surface area contributed by atoms with Crippen LogP contribution in [0.1, 0.15) is 25.3 Å². The van der Waals surface area contributed by atoms with Crippen LogP contribution < -0.4 is 16.6 Å². The topological polar surface area (TPSA) is 79.1 Å². The molecule has 1 atom stereocenters. The lowest BCUT2D eigenvalue weighted by atomic mass is 9.98. The van der Waals surface area contributed by atoms with Crippen molar-refractivity contribution in [3.8, 4) is 0 Å². The van der Waals surface area contributed by atoms with Gasteiger partial charge < -0.3 is 15.6 Å². The second kappa shape index (κ2) is 6.68. The monoisotopic (exact) mass is 264 g/mol. The van der Waals surface area contributed by atoms with Gasteiger partial charge in [-0.25, -0.2) is 15.8 Å². The van der Waals surface area contributed by atoms with E-state index < -0.39 is 0 Å². The van der Waals surface area contributed by atoms with E-state index in [9.17, 15) is 0 Å². The van der Waals surface area contributed by atoms with Gasteiger partial charge >= 0.3 is 0 Å². The minimum atomic E-state index is 0.688. The smallest absolute Gasteiger partial charge is 0.148 e. The van der Waals surface area contributed by atoms with Crippen LogP contribution in [0.3, 0.4) is 0 Å². The summed E-state index contributed by atoms with van der Waals surface area (Å²) in [6, 6.07) is 0. The van der Waals surface area contributed by atoms with Crippen molar-refractivity contribution >= 4 is 11.6 Å². The van der Waals surface area contributed by atoms with Crippen LogP contribution in [0.4, 0.5) is 11.6 Å². The molecule has 0 spiro atoms. The Bertz CT molecular complexity index is 408. The molecule has 0 radical (unpaired) electrons. The fourth-order valence-corrected chi connectivity index (χ4v) is 2.70. The molecule has 6 nitrogen and oxygen atoms in total. The molecule has 0 aromatic carbocycles. The molecule has 4 N–H and O–H groups in total.